The first kappa shape index (κ1) is 18.6. The van der Waals surface area contributed by atoms with Gasteiger partial charge in [-0.3, -0.25) is 0 Å². The van der Waals surface area contributed by atoms with Crippen LogP contribution >= 0.6 is 0 Å². The third-order valence-corrected chi connectivity index (χ3v) is 4.64. The van der Waals surface area contributed by atoms with E-state index in [2.05, 4.69) is 66.3 Å². The van der Waals surface area contributed by atoms with Gasteiger partial charge in [0.15, 0.2) is 0 Å². The molecule has 0 aliphatic carbocycles. The first-order chi connectivity index (χ1) is 12.5. The van der Waals surface area contributed by atoms with E-state index in [4.69, 9.17) is 9.72 Å². The number of methoxy groups -OCH3 is 1. The Hall–Kier alpha value is -2.14. The van der Waals surface area contributed by atoms with Gasteiger partial charge in [-0.15, -0.1) is 0 Å². The molecule has 1 atom stereocenters. The summed E-state index contributed by atoms with van der Waals surface area (Å²) in [5.41, 5.74) is 2.12. The fourth-order valence-corrected chi connectivity index (χ4v) is 3.31. The Labute approximate surface area is 156 Å². The first-order valence-electron chi connectivity index (χ1n) is 9.39. The number of aromatic nitrogens is 2. The van der Waals surface area contributed by atoms with Crippen molar-refractivity contribution in [2.24, 2.45) is 0 Å². The number of rotatable bonds is 5. The minimum Gasteiger partial charge on any atom is -0.378 e. The lowest BCUT2D eigenvalue weighted by atomic mass is 9.95. The van der Waals surface area contributed by atoms with Crippen LogP contribution in [0.15, 0.2) is 36.4 Å². The number of hydrogen-bond donors (Lipinski definition) is 1. The van der Waals surface area contributed by atoms with E-state index in [1.54, 1.807) is 7.11 Å². The van der Waals surface area contributed by atoms with Gasteiger partial charge >= 0.3 is 0 Å². The number of nitrogens with one attached hydrogen (secondary N) is 1. The number of anilines is 2. The molecule has 1 aliphatic heterocycles. The summed E-state index contributed by atoms with van der Waals surface area (Å²) in [6, 6.07) is 13.0. The van der Waals surface area contributed by atoms with Gasteiger partial charge in [-0.1, -0.05) is 39.0 Å². The van der Waals surface area contributed by atoms with Crippen LogP contribution in [0.4, 0.5) is 11.5 Å². The molecule has 0 saturated carbocycles. The second kappa shape index (κ2) is 8.04. The molecule has 1 unspecified atom stereocenters. The van der Waals surface area contributed by atoms with Gasteiger partial charge in [-0.2, -0.15) is 0 Å². The van der Waals surface area contributed by atoms with Crippen LogP contribution in [-0.4, -0.2) is 36.2 Å². The Morgan fingerprint density at radius 2 is 1.96 bits per heavy atom. The Bertz CT molecular complexity index is 712. The van der Waals surface area contributed by atoms with E-state index in [9.17, 15) is 0 Å². The second-order valence-electron chi connectivity index (χ2n) is 8.02. The lowest BCUT2D eigenvalue weighted by Crippen LogP contribution is -2.42. The summed E-state index contributed by atoms with van der Waals surface area (Å²) >= 11 is 0. The highest BCUT2D eigenvalue weighted by Gasteiger charge is 2.23. The summed E-state index contributed by atoms with van der Waals surface area (Å²) in [6.07, 6.45) is 2.33. The Balaban J connectivity index is 1.76. The van der Waals surface area contributed by atoms with E-state index in [-0.39, 0.29) is 5.41 Å². The lowest BCUT2D eigenvalue weighted by molar-refractivity contribution is 0.181. The molecule has 0 amide bonds. The van der Waals surface area contributed by atoms with Gasteiger partial charge in [0.1, 0.15) is 11.6 Å². The number of benzene rings is 1. The minimum atomic E-state index is -0.0944. The van der Waals surface area contributed by atoms with Gasteiger partial charge in [0.25, 0.3) is 0 Å². The Kier molecular flexibility index (Phi) is 5.77. The maximum atomic E-state index is 5.29. The summed E-state index contributed by atoms with van der Waals surface area (Å²) in [7, 11) is 1.70. The van der Waals surface area contributed by atoms with Crippen molar-refractivity contribution >= 4 is 11.5 Å². The Morgan fingerprint density at radius 1 is 1.19 bits per heavy atom. The predicted molar refractivity (Wildman–Crippen MR) is 107 cm³/mol. The van der Waals surface area contributed by atoms with E-state index in [1.807, 2.05) is 6.07 Å². The molecule has 2 heterocycles. The molecule has 0 spiro atoms. The van der Waals surface area contributed by atoms with E-state index in [0.717, 1.165) is 36.8 Å². The fourth-order valence-electron chi connectivity index (χ4n) is 3.31. The molecular weight excluding hydrogens is 324 g/mol. The summed E-state index contributed by atoms with van der Waals surface area (Å²) < 4.78 is 5.29. The van der Waals surface area contributed by atoms with Crippen LogP contribution in [-0.2, 0) is 16.8 Å². The fraction of sp³-hybridized carbons (Fsp3) is 0.524. The molecule has 5 heteroatoms. The minimum absolute atomic E-state index is 0.0944. The van der Waals surface area contributed by atoms with E-state index < -0.39 is 0 Å². The van der Waals surface area contributed by atoms with Gasteiger partial charge in [0.2, 0.25) is 0 Å². The van der Waals surface area contributed by atoms with E-state index in [1.165, 1.54) is 12.1 Å². The lowest BCUT2D eigenvalue weighted by Gasteiger charge is -2.35. The number of hydrogen-bond acceptors (Lipinski definition) is 5. The van der Waals surface area contributed by atoms with Crippen molar-refractivity contribution in [2.75, 3.05) is 30.4 Å². The summed E-state index contributed by atoms with van der Waals surface area (Å²) in [5.74, 6) is 1.75. The Morgan fingerprint density at radius 3 is 2.65 bits per heavy atom. The molecule has 1 aromatic carbocycles. The van der Waals surface area contributed by atoms with Crippen LogP contribution < -0.4 is 10.2 Å². The van der Waals surface area contributed by atoms with Gasteiger partial charge in [-0.25, -0.2) is 9.97 Å². The maximum absolute atomic E-state index is 5.29. The third kappa shape index (κ3) is 4.73. The molecule has 140 valence electrons. The van der Waals surface area contributed by atoms with Crippen LogP contribution in [0, 0.1) is 0 Å². The van der Waals surface area contributed by atoms with E-state index >= 15 is 0 Å². The van der Waals surface area contributed by atoms with Crippen molar-refractivity contribution < 1.29 is 4.74 Å². The molecule has 0 bridgehead atoms. The molecule has 1 N–H and O–H groups in total. The molecule has 2 aromatic rings. The average molecular weight is 354 g/mol. The first-order valence-corrected chi connectivity index (χ1v) is 9.39. The summed E-state index contributed by atoms with van der Waals surface area (Å²) in [4.78, 5) is 11.9. The molecule has 1 saturated heterocycles. The molecule has 1 aromatic heterocycles. The quantitative estimate of drug-likeness (QED) is 0.879. The van der Waals surface area contributed by atoms with Gasteiger partial charge in [0.05, 0.1) is 12.3 Å². The number of para-hydroxylation sites is 1. The standard InChI is InChI=1S/C21H30N4O/c1-21(2,3)20-23-17(15-26-4)13-19(24-20)22-16-9-8-12-25(14-16)18-10-6-5-7-11-18/h5-7,10-11,13,16H,8-9,12,14-15H2,1-4H3,(H,22,23,24). The van der Waals surface area contributed by atoms with Crippen LogP contribution in [0.3, 0.4) is 0 Å². The highest BCUT2D eigenvalue weighted by atomic mass is 16.5. The monoisotopic (exact) mass is 354 g/mol. The number of nitrogens with zero attached hydrogens (tertiary/aromatic N) is 3. The number of piperidine rings is 1. The van der Waals surface area contributed by atoms with Crippen molar-refractivity contribution in [1.29, 1.82) is 0 Å². The zero-order valence-corrected chi connectivity index (χ0v) is 16.3. The summed E-state index contributed by atoms with van der Waals surface area (Å²) in [6.45, 7) is 9.01. The molecule has 3 rings (SSSR count). The van der Waals surface area contributed by atoms with Crippen molar-refractivity contribution in [2.45, 2.75) is 51.7 Å². The van der Waals surface area contributed by atoms with Crippen molar-refractivity contribution in [3.8, 4) is 0 Å². The smallest absolute Gasteiger partial charge is 0.136 e. The predicted octanol–water partition coefficient (Wildman–Crippen LogP) is 4.00. The molecule has 26 heavy (non-hydrogen) atoms. The van der Waals surface area contributed by atoms with Crippen molar-refractivity contribution in [3.05, 3.63) is 47.9 Å². The van der Waals surface area contributed by atoms with Crippen LogP contribution in [0.1, 0.15) is 45.1 Å². The van der Waals surface area contributed by atoms with Gasteiger partial charge < -0.3 is 15.0 Å². The van der Waals surface area contributed by atoms with Crippen LogP contribution in [0.5, 0.6) is 0 Å². The normalized spacial score (nSPS) is 18.0. The van der Waals surface area contributed by atoms with Gasteiger partial charge in [0, 0.05) is 43.4 Å². The molecule has 1 fully saturated rings. The van der Waals surface area contributed by atoms with Crippen molar-refractivity contribution in [3.63, 3.8) is 0 Å². The second-order valence-corrected chi connectivity index (χ2v) is 8.02. The zero-order valence-electron chi connectivity index (χ0n) is 16.3. The highest BCUT2D eigenvalue weighted by molar-refractivity contribution is 5.47. The van der Waals surface area contributed by atoms with Crippen LogP contribution in [0.2, 0.25) is 0 Å². The molecule has 0 radical (unpaired) electrons. The van der Waals surface area contributed by atoms with Crippen LogP contribution in [0.25, 0.3) is 0 Å². The van der Waals surface area contributed by atoms with Gasteiger partial charge in [-0.05, 0) is 25.0 Å². The highest BCUT2D eigenvalue weighted by Crippen LogP contribution is 2.24. The SMILES string of the molecule is COCc1cc(NC2CCCN(c3ccccc3)C2)nc(C(C)(C)C)n1. The van der Waals surface area contributed by atoms with E-state index in [0.29, 0.717) is 12.6 Å². The number of ether oxygens (including phenoxy) is 1. The zero-order chi connectivity index (χ0) is 18.6. The largest absolute Gasteiger partial charge is 0.378 e. The average Bonchev–Trinajstić information content (AvgIpc) is 2.62. The third-order valence-electron chi connectivity index (χ3n) is 4.64. The topological polar surface area (TPSA) is 50.3 Å². The summed E-state index contributed by atoms with van der Waals surface area (Å²) in [5, 5.41) is 3.64. The van der Waals surface area contributed by atoms with Crippen molar-refractivity contribution in [1.82, 2.24) is 9.97 Å². The molecular formula is C21H30N4O. The molecule has 5 nitrogen and oxygen atoms in total. The molecule has 1 aliphatic rings. The maximum Gasteiger partial charge on any atom is 0.136 e.